The smallest absolute Gasteiger partial charge is 0.245 e. The summed E-state index contributed by atoms with van der Waals surface area (Å²) in [5.41, 5.74) is 0. The van der Waals surface area contributed by atoms with Crippen molar-refractivity contribution in [3.63, 3.8) is 0 Å². The van der Waals surface area contributed by atoms with E-state index in [4.69, 9.17) is 0 Å². The van der Waals surface area contributed by atoms with Gasteiger partial charge in [-0.3, -0.25) is 9.59 Å². The van der Waals surface area contributed by atoms with Crippen molar-refractivity contribution in [2.75, 3.05) is 6.54 Å². The van der Waals surface area contributed by atoms with Gasteiger partial charge in [-0.2, -0.15) is 0 Å². The maximum Gasteiger partial charge on any atom is 0.245 e. The lowest BCUT2D eigenvalue weighted by atomic mass is 10.0. The molecule has 1 aliphatic heterocycles. The van der Waals surface area contributed by atoms with Crippen LogP contribution in [0.5, 0.6) is 0 Å². The molecule has 2 aliphatic rings. The fraction of sp³-hybridized carbons (Fsp3) is 0.833. The normalized spacial score (nSPS) is 32.6. The summed E-state index contributed by atoms with van der Waals surface area (Å²) in [4.78, 5) is 25.3. The molecule has 1 heterocycles. The Labute approximate surface area is 96.4 Å². The van der Waals surface area contributed by atoms with Gasteiger partial charge in [0.05, 0.1) is 0 Å². The number of piperazine rings is 1. The van der Waals surface area contributed by atoms with Crippen molar-refractivity contribution in [3.8, 4) is 0 Å². The van der Waals surface area contributed by atoms with E-state index in [0.717, 1.165) is 12.5 Å². The van der Waals surface area contributed by atoms with Gasteiger partial charge >= 0.3 is 0 Å². The zero-order valence-corrected chi connectivity index (χ0v) is 10.2. The van der Waals surface area contributed by atoms with Crippen molar-refractivity contribution in [3.05, 3.63) is 0 Å². The summed E-state index contributed by atoms with van der Waals surface area (Å²) in [6.07, 6.45) is 2.55. The number of nitrogens with zero attached hydrogens (tertiary/aromatic N) is 1. The van der Waals surface area contributed by atoms with Crippen LogP contribution in [0.1, 0.15) is 33.6 Å². The van der Waals surface area contributed by atoms with Crippen LogP contribution in [0, 0.1) is 11.8 Å². The third kappa shape index (κ3) is 2.06. The fourth-order valence-corrected chi connectivity index (χ4v) is 2.35. The number of carbonyl (C=O) groups is 2. The molecule has 4 nitrogen and oxygen atoms in total. The summed E-state index contributed by atoms with van der Waals surface area (Å²) in [6, 6.07) is -0.681. The van der Waals surface area contributed by atoms with Gasteiger partial charge in [-0.25, -0.2) is 0 Å². The molecular weight excluding hydrogens is 204 g/mol. The number of rotatable bonds is 3. The number of amides is 2. The third-order valence-corrected chi connectivity index (χ3v) is 3.77. The Hall–Kier alpha value is -1.06. The van der Waals surface area contributed by atoms with Crippen molar-refractivity contribution in [1.82, 2.24) is 10.2 Å². The molecule has 1 N–H and O–H groups in total. The number of hydrogen-bond donors (Lipinski definition) is 1. The SMILES string of the molecule is CC1NC(=O)C(C)N(CC(C)C2CC2)C1=O. The van der Waals surface area contributed by atoms with Crippen molar-refractivity contribution in [1.29, 1.82) is 0 Å². The number of carbonyl (C=O) groups excluding carboxylic acids is 2. The molecule has 0 bridgehead atoms. The van der Waals surface area contributed by atoms with E-state index in [-0.39, 0.29) is 23.9 Å². The van der Waals surface area contributed by atoms with Gasteiger partial charge < -0.3 is 10.2 Å². The number of nitrogens with one attached hydrogen (secondary N) is 1. The van der Waals surface area contributed by atoms with Crippen LogP contribution in [0.3, 0.4) is 0 Å². The van der Waals surface area contributed by atoms with E-state index in [9.17, 15) is 9.59 Å². The summed E-state index contributed by atoms with van der Waals surface area (Å²) in [5.74, 6) is 1.31. The highest BCUT2D eigenvalue weighted by Crippen LogP contribution is 2.37. The Morgan fingerprint density at radius 1 is 1.38 bits per heavy atom. The van der Waals surface area contributed by atoms with E-state index < -0.39 is 0 Å². The lowest BCUT2D eigenvalue weighted by Gasteiger charge is -2.37. The lowest BCUT2D eigenvalue weighted by Crippen LogP contribution is -2.62. The molecule has 1 aliphatic carbocycles. The number of hydrogen-bond acceptors (Lipinski definition) is 2. The first-order valence-corrected chi connectivity index (χ1v) is 6.11. The van der Waals surface area contributed by atoms with E-state index in [0.29, 0.717) is 5.92 Å². The van der Waals surface area contributed by atoms with Crippen LogP contribution in [0.15, 0.2) is 0 Å². The molecule has 0 aromatic heterocycles. The highest BCUT2D eigenvalue weighted by molar-refractivity contribution is 5.96. The standard InChI is InChI=1S/C12H20N2O2/c1-7(10-4-5-10)6-14-9(3)11(15)13-8(2)12(14)16/h7-10H,4-6H2,1-3H3,(H,13,15). The van der Waals surface area contributed by atoms with Crippen LogP contribution in [-0.4, -0.2) is 35.3 Å². The topological polar surface area (TPSA) is 49.4 Å². The van der Waals surface area contributed by atoms with E-state index in [1.54, 1.807) is 18.7 Å². The molecule has 1 saturated heterocycles. The van der Waals surface area contributed by atoms with Crippen LogP contribution in [0.25, 0.3) is 0 Å². The van der Waals surface area contributed by atoms with Gasteiger partial charge in [-0.1, -0.05) is 6.92 Å². The van der Waals surface area contributed by atoms with Crippen molar-refractivity contribution in [2.45, 2.75) is 45.7 Å². The van der Waals surface area contributed by atoms with Crippen LogP contribution < -0.4 is 5.32 Å². The Balaban J connectivity index is 2.03. The van der Waals surface area contributed by atoms with Gasteiger partial charge in [0.2, 0.25) is 11.8 Å². The lowest BCUT2D eigenvalue weighted by molar-refractivity contribution is -0.148. The average molecular weight is 224 g/mol. The minimum Gasteiger partial charge on any atom is -0.343 e. The van der Waals surface area contributed by atoms with Crippen molar-refractivity contribution >= 4 is 11.8 Å². The summed E-state index contributed by atoms with van der Waals surface area (Å²) in [7, 11) is 0. The second kappa shape index (κ2) is 4.07. The second-order valence-electron chi connectivity index (χ2n) is 5.21. The largest absolute Gasteiger partial charge is 0.343 e. The van der Waals surface area contributed by atoms with E-state index in [2.05, 4.69) is 12.2 Å². The predicted octanol–water partition coefficient (Wildman–Crippen LogP) is 0.768. The summed E-state index contributed by atoms with van der Waals surface area (Å²) < 4.78 is 0. The summed E-state index contributed by atoms with van der Waals surface area (Å²) >= 11 is 0. The zero-order chi connectivity index (χ0) is 11.9. The van der Waals surface area contributed by atoms with Crippen LogP contribution in [0.2, 0.25) is 0 Å². The summed E-state index contributed by atoms with van der Waals surface area (Å²) in [5, 5.41) is 2.70. The molecule has 0 radical (unpaired) electrons. The molecule has 3 unspecified atom stereocenters. The molecule has 0 aromatic carbocycles. The minimum atomic E-state index is -0.366. The average Bonchev–Trinajstić information content (AvgIpc) is 3.05. The van der Waals surface area contributed by atoms with Gasteiger partial charge in [-0.15, -0.1) is 0 Å². The van der Waals surface area contributed by atoms with E-state index in [1.165, 1.54) is 12.8 Å². The molecule has 1 saturated carbocycles. The molecule has 0 aromatic rings. The molecule has 2 rings (SSSR count). The van der Waals surface area contributed by atoms with Crippen LogP contribution in [-0.2, 0) is 9.59 Å². The first-order valence-electron chi connectivity index (χ1n) is 6.11. The molecule has 16 heavy (non-hydrogen) atoms. The molecular formula is C12H20N2O2. The van der Waals surface area contributed by atoms with Crippen molar-refractivity contribution in [2.24, 2.45) is 11.8 Å². The van der Waals surface area contributed by atoms with Gasteiger partial charge in [0.15, 0.2) is 0 Å². The molecule has 3 atom stereocenters. The van der Waals surface area contributed by atoms with Gasteiger partial charge in [0.25, 0.3) is 0 Å². The Morgan fingerprint density at radius 3 is 2.56 bits per heavy atom. The monoisotopic (exact) mass is 224 g/mol. The summed E-state index contributed by atoms with van der Waals surface area (Å²) in [6.45, 7) is 6.46. The van der Waals surface area contributed by atoms with E-state index in [1.807, 2.05) is 0 Å². The second-order valence-corrected chi connectivity index (χ2v) is 5.21. The highest BCUT2D eigenvalue weighted by atomic mass is 16.2. The maximum atomic E-state index is 12.0. The highest BCUT2D eigenvalue weighted by Gasteiger charge is 2.38. The minimum absolute atomic E-state index is 0.0323. The maximum absolute atomic E-state index is 12.0. The Bertz CT molecular complexity index is 312. The van der Waals surface area contributed by atoms with Gasteiger partial charge in [0, 0.05) is 6.54 Å². The van der Waals surface area contributed by atoms with Crippen molar-refractivity contribution < 1.29 is 9.59 Å². The quantitative estimate of drug-likeness (QED) is 0.769. The van der Waals surface area contributed by atoms with E-state index >= 15 is 0 Å². The van der Waals surface area contributed by atoms with Gasteiger partial charge in [-0.05, 0) is 38.5 Å². The molecule has 2 amide bonds. The molecule has 90 valence electrons. The molecule has 0 spiro atoms. The fourth-order valence-electron chi connectivity index (χ4n) is 2.35. The third-order valence-electron chi connectivity index (χ3n) is 3.77. The first-order chi connectivity index (χ1) is 7.50. The Kier molecular flexibility index (Phi) is 2.91. The van der Waals surface area contributed by atoms with Crippen LogP contribution >= 0.6 is 0 Å². The van der Waals surface area contributed by atoms with Crippen LogP contribution in [0.4, 0.5) is 0 Å². The Morgan fingerprint density at radius 2 is 2.00 bits per heavy atom. The molecule has 2 fully saturated rings. The molecule has 4 heteroatoms. The zero-order valence-electron chi connectivity index (χ0n) is 10.2. The predicted molar refractivity (Wildman–Crippen MR) is 60.7 cm³/mol. The first kappa shape index (κ1) is 11.4. The van der Waals surface area contributed by atoms with Gasteiger partial charge in [0.1, 0.15) is 12.1 Å².